The van der Waals surface area contributed by atoms with Gasteiger partial charge in [-0.25, -0.2) is 0 Å². The molecular weight excluding hydrogens is 473 g/mol. The van der Waals surface area contributed by atoms with Crippen LogP contribution in [0.3, 0.4) is 0 Å². The lowest BCUT2D eigenvalue weighted by Crippen LogP contribution is -2.52. The second kappa shape index (κ2) is 11.7. The van der Waals surface area contributed by atoms with E-state index in [1.807, 2.05) is 7.05 Å². The van der Waals surface area contributed by atoms with E-state index in [2.05, 4.69) is 42.9 Å². The number of guanidine groups is 1. The van der Waals surface area contributed by atoms with E-state index in [9.17, 15) is 4.79 Å². The lowest BCUT2D eigenvalue weighted by atomic mass is 9.95. The third kappa shape index (κ3) is 6.81. The van der Waals surface area contributed by atoms with Crippen molar-refractivity contribution in [2.24, 2.45) is 4.99 Å². The molecule has 1 saturated heterocycles. The first-order valence-electron chi connectivity index (χ1n) is 9.79. The number of rotatable bonds is 5. The molecule has 2 N–H and O–H groups in total. The van der Waals surface area contributed by atoms with Gasteiger partial charge in [-0.05, 0) is 30.4 Å². The van der Waals surface area contributed by atoms with Crippen LogP contribution in [-0.2, 0) is 4.79 Å². The maximum atomic E-state index is 12.1. The molecule has 152 valence electrons. The molecule has 2 fully saturated rings. The molecule has 1 aliphatic carbocycles. The Bertz CT molecular complexity index is 581. The molecule has 1 aliphatic heterocycles. The molecule has 0 radical (unpaired) electrons. The van der Waals surface area contributed by atoms with Gasteiger partial charge in [-0.3, -0.25) is 9.79 Å². The van der Waals surface area contributed by atoms with Crippen LogP contribution in [0.5, 0.6) is 0 Å². The fourth-order valence-corrected chi connectivity index (χ4v) is 4.54. The minimum absolute atomic E-state index is 0. The molecule has 2 heterocycles. The maximum Gasteiger partial charge on any atom is 0.221 e. The van der Waals surface area contributed by atoms with Gasteiger partial charge < -0.3 is 20.4 Å². The third-order valence-corrected chi connectivity index (χ3v) is 6.14. The van der Waals surface area contributed by atoms with Crippen molar-refractivity contribution in [2.75, 3.05) is 44.7 Å². The number of piperazine rings is 1. The zero-order valence-electron chi connectivity index (χ0n) is 16.2. The number of carbonyl (C=O) groups excluding carboxylic acids is 1. The van der Waals surface area contributed by atoms with Gasteiger partial charge in [0.05, 0.1) is 5.00 Å². The van der Waals surface area contributed by atoms with E-state index in [1.165, 1.54) is 24.3 Å². The van der Waals surface area contributed by atoms with Crippen LogP contribution >= 0.6 is 35.3 Å². The fraction of sp³-hybridized carbons (Fsp3) is 0.684. The molecule has 8 heteroatoms. The summed E-state index contributed by atoms with van der Waals surface area (Å²) in [5.74, 6) is 1.06. The van der Waals surface area contributed by atoms with E-state index in [0.29, 0.717) is 19.0 Å². The Balaban J connectivity index is 0.00000261. The normalized spacial score (nSPS) is 18.8. The first kappa shape index (κ1) is 22.3. The van der Waals surface area contributed by atoms with Crippen LogP contribution in [0.4, 0.5) is 5.00 Å². The van der Waals surface area contributed by atoms with Crippen LogP contribution in [0, 0.1) is 0 Å². The lowest BCUT2D eigenvalue weighted by molar-refractivity contribution is -0.121. The number of carbonyl (C=O) groups is 1. The molecule has 6 nitrogen and oxygen atoms in total. The highest BCUT2D eigenvalue weighted by molar-refractivity contribution is 14.0. The summed E-state index contributed by atoms with van der Waals surface area (Å²) >= 11 is 1.79. The van der Waals surface area contributed by atoms with Crippen LogP contribution in [0.25, 0.3) is 0 Å². The Kier molecular flexibility index (Phi) is 9.67. The van der Waals surface area contributed by atoms with Crippen LogP contribution in [0.1, 0.15) is 38.5 Å². The average Bonchev–Trinajstić information content (AvgIpc) is 3.21. The van der Waals surface area contributed by atoms with Crippen molar-refractivity contribution in [2.45, 2.75) is 44.6 Å². The van der Waals surface area contributed by atoms with Gasteiger partial charge in [-0.15, -0.1) is 35.3 Å². The first-order valence-corrected chi connectivity index (χ1v) is 10.7. The molecule has 1 saturated carbocycles. The predicted octanol–water partition coefficient (Wildman–Crippen LogP) is 2.90. The van der Waals surface area contributed by atoms with E-state index in [1.54, 1.807) is 11.3 Å². The minimum atomic E-state index is 0. The highest BCUT2D eigenvalue weighted by Gasteiger charge is 2.20. The number of nitrogens with zero attached hydrogens (tertiary/aromatic N) is 3. The summed E-state index contributed by atoms with van der Waals surface area (Å²) in [5, 5.41) is 10.00. The van der Waals surface area contributed by atoms with Gasteiger partial charge in [0.2, 0.25) is 5.91 Å². The van der Waals surface area contributed by atoms with Crippen molar-refractivity contribution in [3.8, 4) is 0 Å². The number of aliphatic imine (C=N–C) groups is 1. The van der Waals surface area contributed by atoms with Crippen molar-refractivity contribution in [3.05, 3.63) is 17.5 Å². The van der Waals surface area contributed by atoms with Crippen molar-refractivity contribution < 1.29 is 4.79 Å². The number of hydrogen-bond donors (Lipinski definition) is 2. The second-order valence-corrected chi connectivity index (χ2v) is 7.98. The molecule has 0 atom stereocenters. The number of thiophene rings is 1. The number of anilines is 1. The molecule has 1 amide bonds. The maximum absolute atomic E-state index is 12.1. The molecular formula is C19H32IN5OS. The fourth-order valence-electron chi connectivity index (χ4n) is 3.76. The van der Waals surface area contributed by atoms with Gasteiger partial charge in [0.15, 0.2) is 5.96 Å². The van der Waals surface area contributed by atoms with Crippen LogP contribution in [-0.4, -0.2) is 62.6 Å². The summed E-state index contributed by atoms with van der Waals surface area (Å²) in [5.41, 5.74) is 0. The monoisotopic (exact) mass is 505 g/mol. The van der Waals surface area contributed by atoms with Crippen LogP contribution < -0.4 is 15.5 Å². The van der Waals surface area contributed by atoms with Gasteiger partial charge >= 0.3 is 0 Å². The second-order valence-electron chi connectivity index (χ2n) is 7.05. The smallest absolute Gasteiger partial charge is 0.221 e. The van der Waals surface area contributed by atoms with Crippen molar-refractivity contribution in [1.82, 2.24) is 15.5 Å². The number of hydrogen-bond acceptors (Lipinski definition) is 4. The summed E-state index contributed by atoms with van der Waals surface area (Å²) in [6, 6.07) is 4.67. The van der Waals surface area contributed by atoms with Crippen molar-refractivity contribution >= 4 is 52.2 Å². The van der Waals surface area contributed by atoms with Crippen LogP contribution in [0.2, 0.25) is 0 Å². The Labute approximate surface area is 183 Å². The number of halogens is 1. The largest absolute Gasteiger partial charge is 0.360 e. The topological polar surface area (TPSA) is 60.0 Å². The van der Waals surface area contributed by atoms with Gasteiger partial charge in [-0.1, -0.05) is 19.3 Å². The van der Waals surface area contributed by atoms with Crippen molar-refractivity contribution in [1.29, 1.82) is 0 Å². The van der Waals surface area contributed by atoms with Gasteiger partial charge in [0.25, 0.3) is 0 Å². The molecule has 3 rings (SSSR count). The van der Waals surface area contributed by atoms with Crippen molar-refractivity contribution in [3.63, 3.8) is 0 Å². The molecule has 0 aromatic carbocycles. The Hall–Kier alpha value is -1.03. The van der Waals surface area contributed by atoms with Gasteiger partial charge in [-0.2, -0.15) is 0 Å². The highest BCUT2D eigenvalue weighted by atomic mass is 127. The predicted molar refractivity (Wildman–Crippen MR) is 125 cm³/mol. The minimum Gasteiger partial charge on any atom is -0.360 e. The SMILES string of the molecule is CN=C(NCCC(=O)NC1CCCCC1)N1CCN(c2cccs2)CC1.I. The van der Waals surface area contributed by atoms with E-state index in [0.717, 1.165) is 45.0 Å². The zero-order valence-corrected chi connectivity index (χ0v) is 19.3. The summed E-state index contributed by atoms with van der Waals surface area (Å²) in [7, 11) is 1.82. The first-order chi connectivity index (χ1) is 12.8. The summed E-state index contributed by atoms with van der Waals surface area (Å²) < 4.78 is 0. The van der Waals surface area contributed by atoms with Gasteiger partial charge in [0, 0.05) is 52.2 Å². The molecule has 27 heavy (non-hydrogen) atoms. The molecule has 0 spiro atoms. The van der Waals surface area contributed by atoms with Crippen LogP contribution in [0.15, 0.2) is 22.5 Å². The molecule has 0 unspecified atom stereocenters. The zero-order chi connectivity index (χ0) is 18.2. The number of amides is 1. The Morgan fingerprint density at radius 2 is 1.96 bits per heavy atom. The molecule has 1 aromatic heterocycles. The third-order valence-electron chi connectivity index (χ3n) is 5.21. The molecule has 2 aliphatic rings. The summed E-state index contributed by atoms with van der Waals surface area (Å²) in [4.78, 5) is 21.2. The highest BCUT2D eigenvalue weighted by Crippen LogP contribution is 2.22. The van der Waals surface area contributed by atoms with E-state index >= 15 is 0 Å². The summed E-state index contributed by atoms with van der Waals surface area (Å²) in [6.45, 7) is 4.54. The Morgan fingerprint density at radius 3 is 2.59 bits per heavy atom. The standard InChI is InChI=1S/C19H31N5OS.HI/c1-20-19(21-10-9-17(25)22-16-6-3-2-4-7-16)24-13-11-23(12-14-24)18-8-5-15-26-18;/h5,8,15-16H,2-4,6-7,9-14H2,1H3,(H,20,21)(H,22,25);1H. The van der Waals surface area contributed by atoms with Gasteiger partial charge in [0.1, 0.15) is 0 Å². The summed E-state index contributed by atoms with van der Waals surface area (Å²) in [6.07, 6.45) is 6.57. The number of nitrogens with one attached hydrogen (secondary N) is 2. The lowest BCUT2D eigenvalue weighted by Gasteiger charge is -2.37. The molecule has 0 bridgehead atoms. The quantitative estimate of drug-likeness (QED) is 0.367. The van der Waals surface area contributed by atoms with E-state index < -0.39 is 0 Å². The van der Waals surface area contributed by atoms with E-state index in [4.69, 9.17) is 0 Å². The molecule has 1 aromatic rings. The van der Waals surface area contributed by atoms with E-state index in [-0.39, 0.29) is 29.9 Å². The Morgan fingerprint density at radius 1 is 1.22 bits per heavy atom. The average molecular weight is 505 g/mol.